The molecule has 2 heterocycles. The third kappa shape index (κ3) is 1.53. The lowest BCUT2D eigenvalue weighted by Crippen LogP contribution is -2.02. The van der Waals surface area contributed by atoms with Crippen LogP contribution in [0, 0.1) is 6.92 Å². The van der Waals surface area contributed by atoms with Crippen LogP contribution in [0.25, 0.3) is 11.2 Å². The topological polar surface area (TPSA) is 64.9 Å². The Labute approximate surface area is 75.8 Å². The number of oxazole rings is 1. The zero-order chi connectivity index (χ0) is 9.26. The van der Waals surface area contributed by atoms with Crippen molar-refractivity contribution in [1.29, 1.82) is 0 Å². The molecule has 0 fully saturated rings. The molecule has 0 spiro atoms. The molecule has 4 heteroatoms. The second kappa shape index (κ2) is 3.14. The number of aryl methyl sites for hydroxylation is 1. The van der Waals surface area contributed by atoms with Crippen molar-refractivity contribution in [3.8, 4) is 0 Å². The monoisotopic (exact) mass is 177 g/mol. The average Bonchev–Trinajstić information content (AvgIpc) is 2.46. The molecule has 0 aliphatic carbocycles. The van der Waals surface area contributed by atoms with E-state index in [1.807, 2.05) is 19.1 Å². The predicted molar refractivity (Wildman–Crippen MR) is 49.3 cm³/mol. The molecule has 0 aromatic carbocycles. The molecule has 4 nitrogen and oxygen atoms in total. The first-order chi connectivity index (χ1) is 6.29. The molecule has 0 saturated carbocycles. The first-order valence-electron chi connectivity index (χ1n) is 4.23. The van der Waals surface area contributed by atoms with Crippen molar-refractivity contribution < 1.29 is 4.42 Å². The fraction of sp³-hybridized carbons (Fsp3) is 0.333. The molecular weight excluding hydrogens is 166 g/mol. The molecular formula is C9H11N3O. The quantitative estimate of drug-likeness (QED) is 0.744. The van der Waals surface area contributed by atoms with Gasteiger partial charge in [-0.3, -0.25) is 0 Å². The number of fused-ring (bicyclic) bond motifs is 1. The molecule has 0 bridgehead atoms. The van der Waals surface area contributed by atoms with Crippen LogP contribution in [0.3, 0.4) is 0 Å². The highest BCUT2D eigenvalue weighted by atomic mass is 16.3. The molecule has 0 aliphatic heterocycles. The van der Waals surface area contributed by atoms with E-state index in [0.717, 1.165) is 11.3 Å². The van der Waals surface area contributed by atoms with Gasteiger partial charge in [-0.15, -0.1) is 0 Å². The van der Waals surface area contributed by atoms with Crippen LogP contribution in [0.5, 0.6) is 0 Å². The summed E-state index contributed by atoms with van der Waals surface area (Å²) in [6.45, 7) is 2.47. The van der Waals surface area contributed by atoms with E-state index in [4.69, 9.17) is 10.2 Å². The number of pyridine rings is 1. The highest BCUT2D eigenvalue weighted by Crippen LogP contribution is 2.13. The molecule has 2 N–H and O–H groups in total. The van der Waals surface area contributed by atoms with Crippen molar-refractivity contribution in [2.45, 2.75) is 13.3 Å². The van der Waals surface area contributed by atoms with Crippen molar-refractivity contribution in [2.24, 2.45) is 5.73 Å². The highest BCUT2D eigenvalue weighted by Gasteiger charge is 2.05. The molecule has 2 aromatic heterocycles. The van der Waals surface area contributed by atoms with E-state index in [1.54, 1.807) is 0 Å². The van der Waals surface area contributed by atoms with Crippen molar-refractivity contribution >= 4 is 11.2 Å². The Morgan fingerprint density at radius 3 is 3.00 bits per heavy atom. The van der Waals surface area contributed by atoms with E-state index >= 15 is 0 Å². The van der Waals surface area contributed by atoms with E-state index in [0.29, 0.717) is 24.5 Å². The van der Waals surface area contributed by atoms with Gasteiger partial charge in [0.2, 0.25) is 0 Å². The molecule has 0 amide bonds. The summed E-state index contributed by atoms with van der Waals surface area (Å²) in [6, 6.07) is 3.78. The fourth-order valence-corrected chi connectivity index (χ4v) is 1.19. The number of hydrogen-bond donors (Lipinski definition) is 1. The average molecular weight is 177 g/mol. The van der Waals surface area contributed by atoms with E-state index in [9.17, 15) is 0 Å². The van der Waals surface area contributed by atoms with E-state index in [1.165, 1.54) is 0 Å². The summed E-state index contributed by atoms with van der Waals surface area (Å²) in [4.78, 5) is 8.44. The van der Waals surface area contributed by atoms with Gasteiger partial charge in [-0.1, -0.05) is 0 Å². The summed E-state index contributed by atoms with van der Waals surface area (Å²) in [6.07, 6.45) is 0.662. The number of nitrogens with two attached hydrogens (primary N) is 1. The van der Waals surface area contributed by atoms with E-state index in [-0.39, 0.29) is 0 Å². The van der Waals surface area contributed by atoms with Gasteiger partial charge in [-0.2, -0.15) is 4.98 Å². The second-order valence-corrected chi connectivity index (χ2v) is 2.92. The number of rotatable bonds is 2. The normalized spacial score (nSPS) is 10.9. The lowest BCUT2D eigenvalue weighted by molar-refractivity contribution is 0.531. The zero-order valence-corrected chi connectivity index (χ0v) is 7.45. The molecule has 2 rings (SSSR count). The smallest absolute Gasteiger partial charge is 0.199 e. The third-order valence-electron chi connectivity index (χ3n) is 1.80. The van der Waals surface area contributed by atoms with Crippen LogP contribution in [0.1, 0.15) is 11.6 Å². The molecule has 68 valence electrons. The standard InChI is InChI=1S/C9H11N3O/c1-6-2-3-7-9(11-6)12-8(13-7)4-5-10/h2-3H,4-5,10H2,1H3. The Morgan fingerprint density at radius 1 is 1.38 bits per heavy atom. The summed E-state index contributed by atoms with van der Waals surface area (Å²) in [5.74, 6) is 0.663. The SMILES string of the molecule is Cc1ccc2oc(CCN)nc2n1. The maximum Gasteiger partial charge on any atom is 0.199 e. The lowest BCUT2D eigenvalue weighted by Gasteiger charge is -1.87. The van der Waals surface area contributed by atoms with Gasteiger partial charge in [0.1, 0.15) is 0 Å². The minimum absolute atomic E-state index is 0.547. The van der Waals surface area contributed by atoms with Gasteiger partial charge in [0.15, 0.2) is 17.1 Å². The molecule has 13 heavy (non-hydrogen) atoms. The summed E-state index contributed by atoms with van der Waals surface area (Å²) in [5.41, 5.74) is 7.74. The molecule has 0 radical (unpaired) electrons. The summed E-state index contributed by atoms with van der Waals surface area (Å²) in [5, 5.41) is 0. The van der Waals surface area contributed by atoms with Crippen LogP contribution in [0.2, 0.25) is 0 Å². The highest BCUT2D eigenvalue weighted by molar-refractivity contribution is 5.67. The van der Waals surface area contributed by atoms with Gasteiger partial charge in [0.05, 0.1) is 0 Å². The van der Waals surface area contributed by atoms with E-state index in [2.05, 4.69) is 9.97 Å². The largest absolute Gasteiger partial charge is 0.439 e. The van der Waals surface area contributed by atoms with Crippen LogP contribution >= 0.6 is 0 Å². The van der Waals surface area contributed by atoms with Crippen molar-refractivity contribution in [1.82, 2.24) is 9.97 Å². The first kappa shape index (κ1) is 8.19. The minimum atomic E-state index is 0.547. The molecule has 0 atom stereocenters. The number of aromatic nitrogens is 2. The third-order valence-corrected chi connectivity index (χ3v) is 1.80. The number of hydrogen-bond acceptors (Lipinski definition) is 4. The van der Waals surface area contributed by atoms with Gasteiger partial charge < -0.3 is 10.2 Å². The second-order valence-electron chi connectivity index (χ2n) is 2.92. The Bertz CT molecular complexity index is 422. The minimum Gasteiger partial charge on any atom is -0.439 e. The molecule has 2 aromatic rings. The van der Waals surface area contributed by atoms with Crippen molar-refractivity contribution in [3.05, 3.63) is 23.7 Å². The molecule has 0 unspecified atom stereocenters. The van der Waals surface area contributed by atoms with Crippen LogP contribution in [-0.4, -0.2) is 16.5 Å². The fourth-order valence-electron chi connectivity index (χ4n) is 1.19. The summed E-state index contributed by atoms with van der Waals surface area (Å²) >= 11 is 0. The van der Waals surface area contributed by atoms with Gasteiger partial charge in [-0.05, 0) is 19.1 Å². The zero-order valence-electron chi connectivity index (χ0n) is 7.45. The lowest BCUT2D eigenvalue weighted by atomic mass is 10.4. The van der Waals surface area contributed by atoms with Crippen LogP contribution in [0.4, 0.5) is 0 Å². The van der Waals surface area contributed by atoms with Gasteiger partial charge in [0, 0.05) is 18.7 Å². The predicted octanol–water partition coefficient (Wildman–Crippen LogP) is 1.03. The Kier molecular flexibility index (Phi) is 1.98. The Hall–Kier alpha value is -1.42. The Morgan fingerprint density at radius 2 is 2.23 bits per heavy atom. The first-order valence-corrected chi connectivity index (χ1v) is 4.23. The van der Waals surface area contributed by atoms with Crippen molar-refractivity contribution in [3.63, 3.8) is 0 Å². The number of nitrogens with zero attached hydrogens (tertiary/aromatic N) is 2. The molecule has 0 aliphatic rings. The van der Waals surface area contributed by atoms with Gasteiger partial charge in [0.25, 0.3) is 0 Å². The maximum absolute atomic E-state index is 5.41. The van der Waals surface area contributed by atoms with Crippen LogP contribution in [0.15, 0.2) is 16.5 Å². The Balaban J connectivity index is 2.49. The van der Waals surface area contributed by atoms with E-state index < -0.39 is 0 Å². The summed E-state index contributed by atoms with van der Waals surface area (Å²) in [7, 11) is 0. The maximum atomic E-state index is 5.41. The molecule has 0 saturated heterocycles. The van der Waals surface area contributed by atoms with Gasteiger partial charge in [-0.25, -0.2) is 4.98 Å². The van der Waals surface area contributed by atoms with Crippen LogP contribution in [-0.2, 0) is 6.42 Å². The van der Waals surface area contributed by atoms with Crippen molar-refractivity contribution in [2.75, 3.05) is 6.54 Å². The van der Waals surface area contributed by atoms with Crippen LogP contribution < -0.4 is 5.73 Å². The van der Waals surface area contributed by atoms with Gasteiger partial charge >= 0.3 is 0 Å². The summed E-state index contributed by atoms with van der Waals surface area (Å²) < 4.78 is 5.41.